The first kappa shape index (κ1) is 10.5. The molecular formula is C10H12ClFO. The van der Waals surface area contributed by atoms with Crippen molar-refractivity contribution in [3.8, 4) is 0 Å². The molecule has 0 saturated carbocycles. The second kappa shape index (κ2) is 5.20. The average Bonchev–Trinajstić information content (AvgIpc) is 2.13. The van der Waals surface area contributed by atoms with Crippen LogP contribution in [-0.4, -0.2) is 11.7 Å². The highest BCUT2D eigenvalue weighted by Gasteiger charge is 2.04. The maximum absolute atomic E-state index is 12.9. The van der Waals surface area contributed by atoms with Gasteiger partial charge < -0.3 is 5.11 Å². The van der Waals surface area contributed by atoms with Crippen molar-refractivity contribution in [2.45, 2.75) is 19.3 Å². The maximum Gasteiger partial charge on any atom is 0.142 e. The lowest BCUT2D eigenvalue weighted by molar-refractivity contribution is 0.284. The van der Waals surface area contributed by atoms with Gasteiger partial charge in [0.15, 0.2) is 0 Å². The van der Waals surface area contributed by atoms with Crippen LogP contribution in [0.3, 0.4) is 0 Å². The number of benzene rings is 1. The Balaban J connectivity index is 2.61. The summed E-state index contributed by atoms with van der Waals surface area (Å²) >= 11 is 5.73. The summed E-state index contributed by atoms with van der Waals surface area (Å²) in [5.74, 6) is -0.372. The van der Waals surface area contributed by atoms with Crippen molar-refractivity contribution in [1.29, 1.82) is 0 Å². The largest absolute Gasteiger partial charge is 0.396 e. The van der Waals surface area contributed by atoms with Gasteiger partial charge in [-0.3, -0.25) is 0 Å². The topological polar surface area (TPSA) is 20.2 Å². The Morgan fingerprint density at radius 1 is 1.31 bits per heavy atom. The van der Waals surface area contributed by atoms with E-state index < -0.39 is 0 Å². The minimum atomic E-state index is -0.372. The molecule has 0 unspecified atom stereocenters. The van der Waals surface area contributed by atoms with Crippen LogP contribution in [0, 0.1) is 5.82 Å². The van der Waals surface area contributed by atoms with Crippen molar-refractivity contribution in [3.63, 3.8) is 0 Å². The van der Waals surface area contributed by atoms with E-state index in [0.717, 1.165) is 24.8 Å². The summed E-state index contributed by atoms with van der Waals surface area (Å²) in [5.41, 5.74) is 0.815. The lowest BCUT2D eigenvalue weighted by Gasteiger charge is -2.03. The Kier molecular flexibility index (Phi) is 4.19. The molecule has 1 nitrogen and oxygen atoms in total. The molecule has 1 aromatic rings. The lowest BCUT2D eigenvalue weighted by atomic mass is 10.1. The van der Waals surface area contributed by atoms with Crippen LogP contribution in [0.2, 0.25) is 5.02 Å². The van der Waals surface area contributed by atoms with E-state index in [-0.39, 0.29) is 17.4 Å². The number of rotatable bonds is 4. The molecule has 3 heteroatoms. The second-order valence-corrected chi connectivity index (χ2v) is 3.27. The molecular weight excluding hydrogens is 191 g/mol. The Morgan fingerprint density at radius 2 is 2.08 bits per heavy atom. The molecule has 0 aliphatic heterocycles. The average molecular weight is 203 g/mol. The zero-order valence-corrected chi connectivity index (χ0v) is 8.02. The third kappa shape index (κ3) is 2.98. The predicted molar refractivity (Wildman–Crippen MR) is 51.4 cm³/mol. The lowest BCUT2D eigenvalue weighted by Crippen LogP contribution is -1.91. The number of unbranched alkanes of at least 4 members (excludes halogenated alkanes) is 1. The molecule has 0 atom stereocenters. The molecule has 0 bridgehead atoms. The van der Waals surface area contributed by atoms with Gasteiger partial charge in [-0.15, -0.1) is 0 Å². The quantitative estimate of drug-likeness (QED) is 0.745. The van der Waals surface area contributed by atoms with E-state index in [0.29, 0.717) is 0 Å². The molecule has 1 rings (SSSR count). The van der Waals surface area contributed by atoms with E-state index in [2.05, 4.69) is 0 Å². The van der Waals surface area contributed by atoms with Crippen molar-refractivity contribution in [2.24, 2.45) is 0 Å². The number of hydrogen-bond donors (Lipinski definition) is 1. The van der Waals surface area contributed by atoms with E-state index in [1.807, 2.05) is 6.07 Å². The SMILES string of the molecule is OCCCCc1cccc(F)c1Cl. The highest BCUT2D eigenvalue weighted by molar-refractivity contribution is 6.31. The van der Waals surface area contributed by atoms with E-state index in [4.69, 9.17) is 16.7 Å². The fourth-order valence-electron chi connectivity index (χ4n) is 1.17. The minimum absolute atomic E-state index is 0.174. The standard InChI is InChI=1S/C10H12ClFO/c11-10-8(4-1-2-7-13)5-3-6-9(10)12/h3,5-6,13H,1-2,4,7H2. The molecule has 0 radical (unpaired) electrons. The van der Waals surface area contributed by atoms with Gasteiger partial charge in [0.05, 0.1) is 5.02 Å². The Morgan fingerprint density at radius 3 is 2.77 bits per heavy atom. The van der Waals surface area contributed by atoms with Crippen LogP contribution in [0.25, 0.3) is 0 Å². The molecule has 0 spiro atoms. The fourth-order valence-corrected chi connectivity index (χ4v) is 1.39. The van der Waals surface area contributed by atoms with Crippen molar-refractivity contribution < 1.29 is 9.50 Å². The molecule has 0 amide bonds. The van der Waals surface area contributed by atoms with E-state index in [9.17, 15) is 4.39 Å². The predicted octanol–water partition coefficient (Wildman–Crippen LogP) is 2.79. The van der Waals surface area contributed by atoms with Crippen LogP contribution < -0.4 is 0 Å². The number of aryl methyl sites for hydroxylation is 1. The summed E-state index contributed by atoms with van der Waals surface area (Å²) in [6.07, 6.45) is 2.28. The highest BCUT2D eigenvalue weighted by Crippen LogP contribution is 2.21. The van der Waals surface area contributed by atoms with Crippen LogP contribution in [0.15, 0.2) is 18.2 Å². The van der Waals surface area contributed by atoms with Crippen molar-refractivity contribution >= 4 is 11.6 Å². The zero-order chi connectivity index (χ0) is 9.68. The second-order valence-electron chi connectivity index (χ2n) is 2.89. The highest BCUT2D eigenvalue weighted by atomic mass is 35.5. The molecule has 0 heterocycles. The van der Waals surface area contributed by atoms with E-state index >= 15 is 0 Å². The monoisotopic (exact) mass is 202 g/mol. The molecule has 0 saturated heterocycles. The van der Waals surface area contributed by atoms with E-state index in [1.165, 1.54) is 6.07 Å². The van der Waals surface area contributed by atoms with Crippen LogP contribution in [0.5, 0.6) is 0 Å². The third-order valence-electron chi connectivity index (χ3n) is 1.89. The first-order valence-corrected chi connectivity index (χ1v) is 4.67. The van der Waals surface area contributed by atoms with E-state index in [1.54, 1.807) is 6.07 Å². The summed E-state index contributed by atoms with van der Waals surface area (Å²) in [4.78, 5) is 0. The number of aliphatic hydroxyl groups excluding tert-OH is 1. The maximum atomic E-state index is 12.9. The summed E-state index contributed by atoms with van der Waals surface area (Å²) < 4.78 is 12.9. The van der Waals surface area contributed by atoms with Gasteiger partial charge in [-0.2, -0.15) is 0 Å². The van der Waals surface area contributed by atoms with Gasteiger partial charge in [0, 0.05) is 6.61 Å². The Labute approximate surface area is 82.2 Å². The number of halogens is 2. The molecule has 0 aliphatic carbocycles. The smallest absolute Gasteiger partial charge is 0.142 e. The van der Waals surface area contributed by atoms with Crippen LogP contribution in [0.4, 0.5) is 4.39 Å². The molecule has 72 valence electrons. The first-order chi connectivity index (χ1) is 6.25. The fraction of sp³-hybridized carbons (Fsp3) is 0.400. The summed E-state index contributed by atoms with van der Waals surface area (Å²) in [5, 5.41) is 8.77. The van der Waals surface area contributed by atoms with Crippen LogP contribution >= 0.6 is 11.6 Å². The van der Waals surface area contributed by atoms with Gasteiger partial charge in [0.25, 0.3) is 0 Å². The third-order valence-corrected chi connectivity index (χ3v) is 2.31. The van der Waals surface area contributed by atoms with Crippen LogP contribution in [0.1, 0.15) is 18.4 Å². The Hall–Kier alpha value is -0.600. The molecule has 1 N–H and O–H groups in total. The van der Waals surface area contributed by atoms with Crippen molar-refractivity contribution in [3.05, 3.63) is 34.6 Å². The minimum Gasteiger partial charge on any atom is -0.396 e. The molecule has 0 aliphatic rings. The van der Waals surface area contributed by atoms with Crippen LogP contribution in [-0.2, 0) is 6.42 Å². The van der Waals surface area contributed by atoms with Crippen molar-refractivity contribution in [2.75, 3.05) is 6.61 Å². The molecule has 13 heavy (non-hydrogen) atoms. The summed E-state index contributed by atoms with van der Waals surface area (Å²) in [7, 11) is 0. The Bertz CT molecular complexity index is 276. The van der Waals surface area contributed by atoms with Gasteiger partial charge in [-0.25, -0.2) is 4.39 Å². The first-order valence-electron chi connectivity index (χ1n) is 4.29. The van der Waals surface area contributed by atoms with Gasteiger partial charge in [-0.05, 0) is 30.9 Å². The number of hydrogen-bond acceptors (Lipinski definition) is 1. The normalized spacial score (nSPS) is 10.4. The molecule has 0 fully saturated rings. The van der Waals surface area contributed by atoms with Crippen molar-refractivity contribution in [1.82, 2.24) is 0 Å². The summed E-state index contributed by atoms with van der Waals surface area (Å²) in [6, 6.07) is 4.80. The van der Waals surface area contributed by atoms with Gasteiger partial charge in [0.1, 0.15) is 5.82 Å². The molecule has 1 aromatic carbocycles. The zero-order valence-electron chi connectivity index (χ0n) is 7.26. The number of aliphatic hydroxyl groups is 1. The summed E-state index contributed by atoms with van der Waals surface area (Å²) in [6.45, 7) is 0.174. The molecule has 0 aromatic heterocycles. The van der Waals surface area contributed by atoms with Gasteiger partial charge >= 0.3 is 0 Å². The van der Waals surface area contributed by atoms with Gasteiger partial charge in [0.2, 0.25) is 0 Å². The van der Waals surface area contributed by atoms with Gasteiger partial charge in [-0.1, -0.05) is 23.7 Å².